The first kappa shape index (κ1) is 25.3. The number of esters is 1. The van der Waals surface area contributed by atoms with Gasteiger partial charge in [-0.25, -0.2) is 9.80 Å². The number of amides is 2. The van der Waals surface area contributed by atoms with E-state index in [1.165, 1.54) is 30.6 Å². The van der Waals surface area contributed by atoms with E-state index in [0.717, 1.165) is 5.56 Å². The van der Waals surface area contributed by atoms with Gasteiger partial charge in [0.05, 0.1) is 12.2 Å². The maximum atomic E-state index is 12.8. The molecule has 0 aliphatic carbocycles. The number of rotatable bonds is 5. The Kier molecular flexibility index (Phi) is 7.66. The predicted molar refractivity (Wildman–Crippen MR) is 132 cm³/mol. The lowest BCUT2D eigenvalue weighted by Crippen LogP contribution is -2.25. The first-order valence-corrected chi connectivity index (χ1v) is 11.8. The minimum Gasteiger partial charge on any atom is -0.490 e. The molecule has 34 heavy (non-hydrogen) atoms. The zero-order valence-electron chi connectivity index (χ0n) is 20.2. The molecule has 0 radical (unpaired) electrons. The van der Waals surface area contributed by atoms with Crippen molar-refractivity contribution in [3.63, 3.8) is 0 Å². The van der Waals surface area contributed by atoms with Gasteiger partial charge in [-0.3, -0.25) is 9.59 Å². The molecule has 3 rings (SSSR count). The van der Waals surface area contributed by atoms with E-state index in [-0.39, 0.29) is 23.0 Å². The van der Waals surface area contributed by atoms with E-state index in [9.17, 15) is 14.4 Å². The Morgan fingerprint density at radius 1 is 1.06 bits per heavy atom. The second kappa shape index (κ2) is 10.3. The molecule has 1 unspecified atom stereocenters. The Labute approximate surface area is 203 Å². The summed E-state index contributed by atoms with van der Waals surface area (Å²) in [6.45, 7) is 11.3. The third kappa shape index (κ3) is 5.96. The molecule has 1 N–H and O–H groups in total. The molecule has 2 aromatic rings. The van der Waals surface area contributed by atoms with Crippen LogP contribution < -0.4 is 14.8 Å². The van der Waals surface area contributed by atoms with Crippen LogP contribution in [0.4, 0.5) is 0 Å². The molecule has 0 aromatic heterocycles. The molecular weight excluding hydrogens is 454 g/mol. The van der Waals surface area contributed by atoms with Crippen LogP contribution in [0, 0.1) is 0 Å². The topological polar surface area (TPSA) is 97.3 Å². The van der Waals surface area contributed by atoms with E-state index in [2.05, 4.69) is 31.2 Å². The Bertz CT molecular complexity index is 1120. The fraction of sp³-hybridized carbons (Fsp3) is 0.360. The average Bonchev–Trinajstić information content (AvgIpc) is 3.18. The van der Waals surface area contributed by atoms with Gasteiger partial charge in [-0.15, -0.1) is 5.10 Å². The zero-order valence-corrected chi connectivity index (χ0v) is 21.0. The van der Waals surface area contributed by atoms with Crippen molar-refractivity contribution in [2.45, 2.75) is 52.3 Å². The molecule has 9 heteroatoms. The highest BCUT2D eigenvalue weighted by molar-refractivity contribution is 8.14. The maximum absolute atomic E-state index is 12.8. The Morgan fingerprint density at radius 2 is 1.74 bits per heavy atom. The number of benzene rings is 2. The van der Waals surface area contributed by atoms with Crippen molar-refractivity contribution in [2.24, 2.45) is 5.10 Å². The Hall–Kier alpha value is -3.33. The number of amidine groups is 1. The lowest BCUT2D eigenvalue weighted by atomic mass is 9.87. The molecule has 2 aromatic carbocycles. The summed E-state index contributed by atoms with van der Waals surface area (Å²) in [5, 5.41) is 7.95. The summed E-state index contributed by atoms with van der Waals surface area (Å²) in [5.74, 6) is -0.396. The van der Waals surface area contributed by atoms with Gasteiger partial charge in [0.2, 0.25) is 11.8 Å². The molecule has 0 saturated carbocycles. The number of nitrogens with one attached hydrogen (secondary N) is 1. The second-order valence-corrected chi connectivity index (χ2v) is 9.85. The molecular formula is C25H29N3O5S. The lowest BCUT2D eigenvalue weighted by Gasteiger charge is -2.21. The average molecular weight is 484 g/mol. The zero-order chi connectivity index (χ0) is 25.0. The van der Waals surface area contributed by atoms with Crippen molar-refractivity contribution in [3.05, 3.63) is 59.2 Å². The van der Waals surface area contributed by atoms with Crippen LogP contribution >= 0.6 is 11.8 Å². The van der Waals surface area contributed by atoms with Crippen molar-refractivity contribution in [2.75, 3.05) is 6.61 Å². The molecule has 180 valence electrons. The minimum absolute atomic E-state index is 0.0179. The molecule has 1 aliphatic heterocycles. The van der Waals surface area contributed by atoms with Crippen LogP contribution in [0.1, 0.15) is 68.4 Å². The molecule has 1 atom stereocenters. The van der Waals surface area contributed by atoms with Crippen molar-refractivity contribution in [1.82, 2.24) is 10.3 Å². The van der Waals surface area contributed by atoms with Crippen LogP contribution in [0.5, 0.6) is 11.5 Å². The quantitative estimate of drug-likeness (QED) is 0.493. The van der Waals surface area contributed by atoms with Gasteiger partial charge in [-0.05, 0) is 47.7 Å². The number of hydrogen-bond acceptors (Lipinski definition) is 7. The Morgan fingerprint density at radius 3 is 2.29 bits per heavy atom. The summed E-state index contributed by atoms with van der Waals surface area (Å²) >= 11 is 1.23. The standard InChI is InChI=1S/C25H29N3O5S/c1-7-32-21-14-18(22-28(16(3)30)27-24(34-22)26-15(2)29)10-13-20(21)33-23(31)17-8-11-19(12-9-17)25(4,5)6/h8-14,22H,7H2,1-6H3,(H,26,27,29). The number of hydrazone groups is 1. The number of ether oxygens (including phenoxy) is 2. The highest BCUT2D eigenvalue weighted by Crippen LogP contribution is 2.41. The fourth-order valence-corrected chi connectivity index (χ4v) is 4.40. The van der Waals surface area contributed by atoms with Crippen molar-refractivity contribution >= 4 is 34.7 Å². The molecule has 1 aliphatic rings. The van der Waals surface area contributed by atoms with Crippen LogP contribution in [-0.2, 0) is 15.0 Å². The fourth-order valence-electron chi connectivity index (χ4n) is 3.28. The predicted octanol–water partition coefficient (Wildman–Crippen LogP) is 4.60. The number of carbonyl (C=O) groups is 3. The van der Waals surface area contributed by atoms with Gasteiger partial charge in [0.1, 0.15) is 5.37 Å². The van der Waals surface area contributed by atoms with E-state index in [0.29, 0.717) is 28.7 Å². The van der Waals surface area contributed by atoms with Crippen LogP contribution in [-0.4, -0.2) is 34.6 Å². The largest absolute Gasteiger partial charge is 0.490 e. The highest BCUT2D eigenvalue weighted by atomic mass is 32.2. The summed E-state index contributed by atoms with van der Waals surface area (Å²) in [5.41, 5.74) is 2.24. The number of nitrogens with zero attached hydrogens (tertiary/aromatic N) is 2. The third-order valence-electron chi connectivity index (χ3n) is 4.99. The van der Waals surface area contributed by atoms with Gasteiger partial charge in [0.15, 0.2) is 16.7 Å². The molecule has 2 amide bonds. The summed E-state index contributed by atoms with van der Waals surface area (Å²) in [4.78, 5) is 36.3. The number of hydrogen-bond donors (Lipinski definition) is 1. The number of thioether (sulfide) groups is 1. The molecule has 1 heterocycles. The summed E-state index contributed by atoms with van der Waals surface area (Å²) in [6.07, 6.45) is 0. The summed E-state index contributed by atoms with van der Waals surface area (Å²) < 4.78 is 11.4. The maximum Gasteiger partial charge on any atom is 0.343 e. The van der Waals surface area contributed by atoms with Crippen molar-refractivity contribution in [3.8, 4) is 11.5 Å². The summed E-state index contributed by atoms with van der Waals surface area (Å²) in [6, 6.07) is 12.4. The van der Waals surface area contributed by atoms with E-state index in [1.54, 1.807) is 30.3 Å². The van der Waals surface area contributed by atoms with Crippen LogP contribution in [0.3, 0.4) is 0 Å². The molecule has 0 bridgehead atoms. The Balaban J connectivity index is 1.83. The van der Waals surface area contributed by atoms with Gasteiger partial charge in [-0.2, -0.15) is 0 Å². The third-order valence-corrected chi connectivity index (χ3v) is 6.09. The van der Waals surface area contributed by atoms with Crippen molar-refractivity contribution in [1.29, 1.82) is 0 Å². The van der Waals surface area contributed by atoms with Crippen LogP contribution in [0.2, 0.25) is 0 Å². The highest BCUT2D eigenvalue weighted by Gasteiger charge is 2.33. The lowest BCUT2D eigenvalue weighted by molar-refractivity contribution is -0.129. The van der Waals surface area contributed by atoms with Gasteiger partial charge >= 0.3 is 5.97 Å². The normalized spacial score (nSPS) is 15.5. The van der Waals surface area contributed by atoms with Crippen LogP contribution in [0.15, 0.2) is 47.6 Å². The SMILES string of the molecule is CCOc1cc(C2SC(NC(C)=O)=NN2C(C)=O)ccc1OC(=O)c1ccc(C(C)(C)C)cc1. The smallest absolute Gasteiger partial charge is 0.343 e. The van der Waals surface area contributed by atoms with E-state index in [4.69, 9.17) is 9.47 Å². The second-order valence-electron chi connectivity index (χ2n) is 8.78. The minimum atomic E-state index is -0.494. The number of carbonyl (C=O) groups excluding carboxylic acids is 3. The van der Waals surface area contributed by atoms with E-state index < -0.39 is 11.3 Å². The molecule has 0 saturated heterocycles. The first-order valence-electron chi connectivity index (χ1n) is 10.9. The first-order chi connectivity index (χ1) is 16.0. The van der Waals surface area contributed by atoms with Gasteiger partial charge in [0.25, 0.3) is 0 Å². The molecule has 0 spiro atoms. The van der Waals surface area contributed by atoms with Crippen molar-refractivity contribution < 1.29 is 23.9 Å². The van der Waals surface area contributed by atoms with Gasteiger partial charge in [-0.1, -0.05) is 50.7 Å². The van der Waals surface area contributed by atoms with Gasteiger partial charge in [0, 0.05) is 13.8 Å². The molecule has 0 fully saturated rings. The summed E-state index contributed by atoms with van der Waals surface area (Å²) in [7, 11) is 0. The van der Waals surface area contributed by atoms with Gasteiger partial charge < -0.3 is 14.8 Å². The van der Waals surface area contributed by atoms with E-state index >= 15 is 0 Å². The van der Waals surface area contributed by atoms with E-state index in [1.807, 2.05) is 19.1 Å². The van der Waals surface area contributed by atoms with Crippen LogP contribution in [0.25, 0.3) is 0 Å². The monoisotopic (exact) mass is 483 g/mol. The molecule has 8 nitrogen and oxygen atoms in total.